The SMILES string of the molecule is CC(C)C[C@@H]1C[C@@H](OCC#C[Si](C(C)C)(C(C)C)C(C)C)C=CO1. The van der Waals surface area contributed by atoms with Crippen LogP contribution in [0.25, 0.3) is 0 Å². The molecule has 0 spiro atoms. The molecule has 0 unspecified atom stereocenters. The van der Waals surface area contributed by atoms with E-state index in [1.54, 1.807) is 0 Å². The number of rotatable bonds is 7. The molecule has 0 N–H and O–H groups in total. The van der Waals surface area contributed by atoms with Crippen LogP contribution in [-0.4, -0.2) is 26.9 Å². The van der Waals surface area contributed by atoms with Crippen molar-refractivity contribution >= 4 is 8.07 Å². The molecule has 3 heteroatoms. The Kier molecular flexibility index (Phi) is 8.60. The van der Waals surface area contributed by atoms with E-state index in [1.807, 2.05) is 12.3 Å². The van der Waals surface area contributed by atoms with Crippen LogP contribution in [-0.2, 0) is 9.47 Å². The van der Waals surface area contributed by atoms with Crippen molar-refractivity contribution in [3.05, 3.63) is 12.3 Å². The second kappa shape index (κ2) is 9.68. The van der Waals surface area contributed by atoms with Crippen LogP contribution in [0.1, 0.15) is 68.2 Å². The summed E-state index contributed by atoms with van der Waals surface area (Å²) >= 11 is 0. The van der Waals surface area contributed by atoms with E-state index >= 15 is 0 Å². The van der Waals surface area contributed by atoms with Gasteiger partial charge in [-0.05, 0) is 35.0 Å². The minimum absolute atomic E-state index is 0.144. The fourth-order valence-electron chi connectivity index (χ4n) is 4.21. The minimum Gasteiger partial charge on any atom is -0.498 e. The van der Waals surface area contributed by atoms with Crippen molar-refractivity contribution in [1.82, 2.24) is 0 Å². The van der Waals surface area contributed by atoms with Crippen molar-refractivity contribution in [3.8, 4) is 11.5 Å². The zero-order valence-corrected chi connectivity index (χ0v) is 18.1. The lowest BCUT2D eigenvalue weighted by molar-refractivity contribution is 0.0202. The topological polar surface area (TPSA) is 18.5 Å². The van der Waals surface area contributed by atoms with Gasteiger partial charge < -0.3 is 9.47 Å². The lowest BCUT2D eigenvalue weighted by Crippen LogP contribution is -2.43. The van der Waals surface area contributed by atoms with Gasteiger partial charge in [-0.25, -0.2) is 0 Å². The highest BCUT2D eigenvalue weighted by Gasteiger charge is 2.41. The molecular weight excluding hydrogens is 312 g/mol. The standard InChI is InChI=1S/C21H38O2Si/c1-16(2)14-21-15-20(10-12-23-21)22-11-9-13-24(17(3)4,18(5)6)19(7)8/h10,12,16-21H,11,14-15H2,1-8H3/t20-,21+/m0/s1. The molecular formula is C21H38O2Si. The zero-order valence-electron chi connectivity index (χ0n) is 17.1. The number of ether oxygens (including phenoxy) is 2. The zero-order chi connectivity index (χ0) is 18.3. The van der Waals surface area contributed by atoms with Crippen LogP contribution in [0, 0.1) is 17.4 Å². The summed E-state index contributed by atoms with van der Waals surface area (Å²) in [4.78, 5) is 0. The molecule has 0 aliphatic carbocycles. The predicted molar refractivity (Wildman–Crippen MR) is 107 cm³/mol. The van der Waals surface area contributed by atoms with Gasteiger partial charge in [0.05, 0.1) is 12.4 Å². The smallest absolute Gasteiger partial charge is 0.146 e. The van der Waals surface area contributed by atoms with Crippen LogP contribution in [0.4, 0.5) is 0 Å². The van der Waals surface area contributed by atoms with Crippen molar-refractivity contribution in [3.63, 3.8) is 0 Å². The Morgan fingerprint density at radius 3 is 2.12 bits per heavy atom. The van der Waals surface area contributed by atoms with Crippen LogP contribution in [0.5, 0.6) is 0 Å². The monoisotopic (exact) mass is 350 g/mol. The summed E-state index contributed by atoms with van der Waals surface area (Å²) in [5, 5.41) is 0. The summed E-state index contributed by atoms with van der Waals surface area (Å²) in [6.07, 6.45) is 6.28. The Labute approximate surface area is 151 Å². The highest BCUT2D eigenvalue weighted by Crippen LogP contribution is 2.40. The molecule has 0 radical (unpaired) electrons. The second-order valence-electron chi connectivity index (χ2n) is 8.50. The van der Waals surface area contributed by atoms with Crippen molar-refractivity contribution in [2.45, 2.75) is 97.1 Å². The van der Waals surface area contributed by atoms with Gasteiger partial charge in [0, 0.05) is 6.42 Å². The van der Waals surface area contributed by atoms with Crippen LogP contribution in [0.3, 0.4) is 0 Å². The quantitative estimate of drug-likeness (QED) is 0.418. The summed E-state index contributed by atoms with van der Waals surface area (Å²) in [5.74, 6) is 4.04. The van der Waals surface area contributed by atoms with Crippen molar-refractivity contribution in [1.29, 1.82) is 0 Å². The summed E-state index contributed by atoms with van der Waals surface area (Å²) in [6, 6.07) is 0. The summed E-state index contributed by atoms with van der Waals surface area (Å²) in [6.45, 7) is 19.1. The molecule has 1 heterocycles. The molecule has 0 aromatic carbocycles. The maximum absolute atomic E-state index is 6.01. The first-order chi connectivity index (χ1) is 11.2. The lowest BCUT2D eigenvalue weighted by Gasteiger charge is -2.38. The first-order valence-electron chi connectivity index (χ1n) is 9.63. The largest absolute Gasteiger partial charge is 0.498 e. The molecule has 2 atom stereocenters. The van der Waals surface area contributed by atoms with E-state index in [9.17, 15) is 0 Å². The molecule has 24 heavy (non-hydrogen) atoms. The first-order valence-corrected chi connectivity index (χ1v) is 11.9. The Morgan fingerprint density at radius 2 is 1.62 bits per heavy atom. The average molecular weight is 351 g/mol. The van der Waals surface area contributed by atoms with E-state index in [0.29, 0.717) is 29.1 Å². The molecule has 0 aromatic heterocycles. The van der Waals surface area contributed by atoms with Crippen molar-refractivity contribution in [2.24, 2.45) is 5.92 Å². The Morgan fingerprint density at radius 1 is 1.04 bits per heavy atom. The molecule has 0 bridgehead atoms. The molecule has 1 aliphatic heterocycles. The third-order valence-corrected chi connectivity index (χ3v) is 11.7. The van der Waals surface area contributed by atoms with Crippen LogP contribution in [0.15, 0.2) is 12.3 Å². The lowest BCUT2D eigenvalue weighted by atomic mass is 10.00. The van der Waals surface area contributed by atoms with Crippen molar-refractivity contribution in [2.75, 3.05) is 6.61 Å². The molecule has 0 amide bonds. The summed E-state index contributed by atoms with van der Waals surface area (Å²) < 4.78 is 11.7. The van der Waals surface area contributed by atoms with E-state index in [4.69, 9.17) is 9.47 Å². The number of hydrogen-bond acceptors (Lipinski definition) is 2. The Balaban J connectivity index is 2.64. The fraction of sp³-hybridized carbons (Fsp3) is 0.810. The van der Waals surface area contributed by atoms with Gasteiger partial charge in [0.25, 0.3) is 0 Å². The molecule has 0 fully saturated rings. The van der Waals surface area contributed by atoms with E-state index < -0.39 is 8.07 Å². The van der Waals surface area contributed by atoms with Gasteiger partial charge in [0.15, 0.2) is 0 Å². The molecule has 1 rings (SSSR count). The van der Waals surface area contributed by atoms with Gasteiger partial charge in [-0.2, -0.15) is 0 Å². The van der Waals surface area contributed by atoms with Gasteiger partial charge in [-0.3, -0.25) is 0 Å². The summed E-state index contributed by atoms with van der Waals surface area (Å²) in [7, 11) is -1.63. The van der Waals surface area contributed by atoms with Crippen LogP contribution < -0.4 is 0 Å². The molecule has 0 saturated carbocycles. The Hall–Kier alpha value is -0.723. The maximum Gasteiger partial charge on any atom is 0.146 e. The minimum atomic E-state index is -1.63. The average Bonchev–Trinajstić information content (AvgIpc) is 2.45. The van der Waals surface area contributed by atoms with E-state index in [2.05, 4.69) is 66.9 Å². The fourth-order valence-corrected chi connectivity index (χ4v) is 9.45. The molecule has 0 aromatic rings. The van der Waals surface area contributed by atoms with Crippen LogP contribution >= 0.6 is 0 Å². The molecule has 0 saturated heterocycles. The molecule has 2 nitrogen and oxygen atoms in total. The van der Waals surface area contributed by atoms with E-state index in [-0.39, 0.29) is 12.2 Å². The van der Waals surface area contributed by atoms with Gasteiger partial charge in [0.1, 0.15) is 20.8 Å². The van der Waals surface area contributed by atoms with E-state index in [0.717, 1.165) is 12.8 Å². The highest BCUT2D eigenvalue weighted by atomic mass is 28.3. The first kappa shape index (κ1) is 21.3. The summed E-state index contributed by atoms with van der Waals surface area (Å²) in [5.41, 5.74) is 5.73. The third-order valence-electron chi connectivity index (χ3n) is 5.33. The third kappa shape index (κ3) is 5.67. The molecule has 138 valence electrons. The van der Waals surface area contributed by atoms with E-state index in [1.165, 1.54) is 0 Å². The van der Waals surface area contributed by atoms with Crippen molar-refractivity contribution < 1.29 is 9.47 Å². The highest BCUT2D eigenvalue weighted by molar-refractivity contribution is 6.90. The maximum atomic E-state index is 6.01. The van der Waals surface area contributed by atoms with Gasteiger partial charge in [-0.15, -0.1) is 5.54 Å². The number of hydrogen-bond donors (Lipinski definition) is 0. The molecule has 1 aliphatic rings. The van der Waals surface area contributed by atoms with Gasteiger partial charge in [-0.1, -0.05) is 61.3 Å². The van der Waals surface area contributed by atoms with Gasteiger partial charge in [0.2, 0.25) is 0 Å². The second-order valence-corrected chi connectivity index (χ2v) is 14.1. The normalized spacial score (nSPS) is 21.3. The van der Waals surface area contributed by atoms with Crippen LogP contribution in [0.2, 0.25) is 16.6 Å². The Bertz CT molecular complexity index is 432. The predicted octanol–water partition coefficient (Wildman–Crippen LogP) is 5.94. The van der Waals surface area contributed by atoms with Gasteiger partial charge >= 0.3 is 0 Å².